The van der Waals surface area contributed by atoms with Crippen LogP contribution in [0.4, 0.5) is 18.9 Å². The highest BCUT2D eigenvalue weighted by molar-refractivity contribution is 14.0. The SMILES string of the molecule is CC(=O)N1CCN(CCN=C(N)Nc2ccc(OC(F)(F)F)cc2)CC1.I. The van der Waals surface area contributed by atoms with Gasteiger partial charge in [-0.1, -0.05) is 0 Å². The Balaban J connectivity index is 0.00000364. The molecule has 27 heavy (non-hydrogen) atoms. The van der Waals surface area contributed by atoms with Crippen molar-refractivity contribution in [3.05, 3.63) is 24.3 Å². The van der Waals surface area contributed by atoms with Gasteiger partial charge in [0.15, 0.2) is 5.96 Å². The van der Waals surface area contributed by atoms with E-state index >= 15 is 0 Å². The van der Waals surface area contributed by atoms with E-state index in [9.17, 15) is 18.0 Å². The molecule has 1 aliphatic heterocycles. The van der Waals surface area contributed by atoms with Crippen LogP contribution in [-0.2, 0) is 4.79 Å². The van der Waals surface area contributed by atoms with Crippen LogP contribution in [0.3, 0.4) is 0 Å². The molecule has 0 unspecified atom stereocenters. The molecule has 0 spiro atoms. The zero-order chi connectivity index (χ0) is 19.2. The number of hydrogen-bond acceptors (Lipinski definition) is 4. The Labute approximate surface area is 172 Å². The Kier molecular flexibility index (Phi) is 9.09. The molecular formula is C16H23F3IN5O2. The molecule has 1 aromatic rings. The molecule has 152 valence electrons. The van der Waals surface area contributed by atoms with Crippen molar-refractivity contribution in [2.75, 3.05) is 44.6 Å². The standard InChI is InChI=1S/C16H22F3N5O2.HI/c1-12(25)24-10-8-23(9-11-24)7-6-21-15(20)22-13-2-4-14(5-3-13)26-16(17,18)19;/h2-5H,6-11H2,1H3,(H3,20,21,22);1H. The van der Waals surface area contributed by atoms with Gasteiger partial charge in [-0.25, -0.2) is 0 Å². The predicted molar refractivity (Wildman–Crippen MR) is 107 cm³/mol. The second-order valence-electron chi connectivity index (χ2n) is 5.81. The molecule has 3 N–H and O–H groups in total. The van der Waals surface area contributed by atoms with Crippen LogP contribution >= 0.6 is 24.0 Å². The summed E-state index contributed by atoms with van der Waals surface area (Å²) in [6.45, 7) is 5.76. The van der Waals surface area contributed by atoms with Crippen molar-refractivity contribution >= 4 is 41.5 Å². The highest BCUT2D eigenvalue weighted by Gasteiger charge is 2.30. The third kappa shape index (κ3) is 8.65. The van der Waals surface area contributed by atoms with E-state index in [1.165, 1.54) is 24.3 Å². The number of carbonyl (C=O) groups is 1. The average Bonchev–Trinajstić information content (AvgIpc) is 2.56. The summed E-state index contributed by atoms with van der Waals surface area (Å²) in [6.07, 6.45) is -4.72. The number of aliphatic imine (C=N–C) groups is 1. The Morgan fingerprint density at radius 3 is 2.33 bits per heavy atom. The van der Waals surface area contributed by atoms with Crippen molar-refractivity contribution in [3.8, 4) is 5.75 Å². The number of rotatable bonds is 5. The summed E-state index contributed by atoms with van der Waals surface area (Å²) in [4.78, 5) is 19.5. The van der Waals surface area contributed by atoms with Gasteiger partial charge in [-0.05, 0) is 24.3 Å². The largest absolute Gasteiger partial charge is 0.573 e. The average molecular weight is 501 g/mol. The molecule has 0 aliphatic carbocycles. The summed E-state index contributed by atoms with van der Waals surface area (Å²) in [5.74, 6) is -0.0390. The maximum absolute atomic E-state index is 12.1. The minimum absolute atomic E-state index is 0. The maximum atomic E-state index is 12.1. The fraction of sp³-hybridized carbons (Fsp3) is 0.500. The fourth-order valence-electron chi connectivity index (χ4n) is 2.53. The minimum atomic E-state index is -4.72. The molecule has 1 fully saturated rings. The van der Waals surface area contributed by atoms with Gasteiger partial charge in [-0.2, -0.15) is 0 Å². The van der Waals surface area contributed by atoms with Gasteiger partial charge in [-0.3, -0.25) is 14.7 Å². The van der Waals surface area contributed by atoms with Gasteiger partial charge in [-0.15, -0.1) is 37.1 Å². The number of nitrogens with two attached hydrogens (primary N) is 1. The second kappa shape index (κ2) is 10.5. The normalized spacial score (nSPS) is 15.9. The molecule has 7 nitrogen and oxygen atoms in total. The van der Waals surface area contributed by atoms with Crippen LogP contribution < -0.4 is 15.8 Å². The molecule has 0 radical (unpaired) electrons. The molecule has 2 rings (SSSR count). The first-order valence-electron chi connectivity index (χ1n) is 8.13. The summed E-state index contributed by atoms with van der Waals surface area (Å²) in [7, 11) is 0. The quantitative estimate of drug-likeness (QED) is 0.367. The van der Waals surface area contributed by atoms with E-state index in [1.54, 1.807) is 6.92 Å². The van der Waals surface area contributed by atoms with Gasteiger partial charge in [0.2, 0.25) is 5.91 Å². The number of alkyl halides is 3. The van der Waals surface area contributed by atoms with E-state index in [0.717, 1.165) is 13.1 Å². The lowest BCUT2D eigenvalue weighted by Crippen LogP contribution is -2.48. The van der Waals surface area contributed by atoms with Crippen molar-refractivity contribution in [2.45, 2.75) is 13.3 Å². The number of anilines is 1. The first kappa shape index (κ1) is 23.3. The first-order valence-corrected chi connectivity index (χ1v) is 8.13. The number of guanidine groups is 1. The number of carbonyl (C=O) groups excluding carboxylic acids is 1. The van der Waals surface area contributed by atoms with E-state index < -0.39 is 6.36 Å². The van der Waals surface area contributed by atoms with E-state index in [0.29, 0.717) is 31.9 Å². The number of hydrogen-bond donors (Lipinski definition) is 2. The Morgan fingerprint density at radius 1 is 1.22 bits per heavy atom. The highest BCUT2D eigenvalue weighted by Crippen LogP contribution is 2.23. The van der Waals surface area contributed by atoms with Gasteiger partial charge in [0.1, 0.15) is 5.75 Å². The van der Waals surface area contributed by atoms with E-state index in [-0.39, 0.29) is 41.6 Å². The van der Waals surface area contributed by atoms with Gasteiger partial charge >= 0.3 is 6.36 Å². The number of nitrogens with one attached hydrogen (secondary N) is 1. The topological polar surface area (TPSA) is 83.2 Å². The van der Waals surface area contributed by atoms with Crippen LogP contribution in [0, 0.1) is 0 Å². The van der Waals surface area contributed by atoms with Crippen LogP contribution in [0.25, 0.3) is 0 Å². The lowest BCUT2D eigenvalue weighted by Gasteiger charge is -2.33. The van der Waals surface area contributed by atoms with E-state index in [4.69, 9.17) is 5.73 Å². The monoisotopic (exact) mass is 501 g/mol. The highest BCUT2D eigenvalue weighted by atomic mass is 127. The van der Waals surface area contributed by atoms with E-state index in [1.807, 2.05) is 4.90 Å². The van der Waals surface area contributed by atoms with Crippen LogP contribution in [0.15, 0.2) is 29.3 Å². The third-order valence-electron chi connectivity index (χ3n) is 3.88. The molecule has 1 aromatic carbocycles. The van der Waals surface area contributed by atoms with E-state index in [2.05, 4.69) is 19.9 Å². The number of halogens is 4. The molecule has 0 aromatic heterocycles. The summed E-state index contributed by atoms with van der Waals surface area (Å²) < 4.78 is 40.1. The van der Waals surface area contributed by atoms with Crippen molar-refractivity contribution in [3.63, 3.8) is 0 Å². The number of benzene rings is 1. The zero-order valence-electron chi connectivity index (χ0n) is 14.8. The fourth-order valence-corrected chi connectivity index (χ4v) is 2.53. The minimum Gasteiger partial charge on any atom is -0.406 e. The van der Waals surface area contributed by atoms with Gasteiger partial charge in [0.05, 0.1) is 6.54 Å². The molecule has 1 heterocycles. The van der Waals surface area contributed by atoms with Crippen LogP contribution in [-0.4, -0.2) is 67.3 Å². The van der Waals surface area contributed by atoms with Crippen molar-refractivity contribution in [1.82, 2.24) is 9.80 Å². The van der Waals surface area contributed by atoms with Gasteiger partial charge in [0, 0.05) is 45.3 Å². The lowest BCUT2D eigenvalue weighted by molar-refractivity contribution is -0.274. The summed E-state index contributed by atoms with van der Waals surface area (Å²) in [6, 6.07) is 5.23. The Morgan fingerprint density at radius 2 is 1.81 bits per heavy atom. The zero-order valence-corrected chi connectivity index (χ0v) is 17.2. The van der Waals surface area contributed by atoms with Gasteiger partial charge < -0.3 is 20.7 Å². The first-order chi connectivity index (χ1) is 12.2. The molecular weight excluding hydrogens is 478 g/mol. The molecule has 0 bridgehead atoms. The number of piperazine rings is 1. The second-order valence-corrected chi connectivity index (χ2v) is 5.81. The molecule has 0 saturated carbocycles. The Hall–Kier alpha value is -1.76. The van der Waals surface area contributed by atoms with Crippen molar-refractivity contribution in [2.24, 2.45) is 10.7 Å². The molecule has 1 aliphatic rings. The van der Waals surface area contributed by atoms with Gasteiger partial charge in [0.25, 0.3) is 0 Å². The maximum Gasteiger partial charge on any atom is 0.573 e. The lowest BCUT2D eigenvalue weighted by atomic mass is 10.3. The van der Waals surface area contributed by atoms with Crippen molar-refractivity contribution in [1.29, 1.82) is 0 Å². The Bertz CT molecular complexity index is 632. The molecule has 1 amide bonds. The number of ether oxygens (including phenoxy) is 1. The van der Waals surface area contributed by atoms with Crippen LogP contribution in [0.5, 0.6) is 5.75 Å². The predicted octanol–water partition coefficient (Wildman–Crippen LogP) is 2.09. The number of nitrogens with zero attached hydrogens (tertiary/aromatic N) is 3. The summed E-state index contributed by atoms with van der Waals surface area (Å²) in [5.41, 5.74) is 6.29. The summed E-state index contributed by atoms with van der Waals surface area (Å²) in [5, 5.41) is 2.81. The van der Waals surface area contributed by atoms with Crippen LogP contribution in [0.2, 0.25) is 0 Å². The molecule has 11 heteroatoms. The third-order valence-corrected chi connectivity index (χ3v) is 3.88. The smallest absolute Gasteiger partial charge is 0.406 e. The molecule has 0 atom stereocenters. The van der Waals surface area contributed by atoms with Crippen molar-refractivity contribution < 1.29 is 22.7 Å². The number of amides is 1. The summed E-state index contributed by atoms with van der Waals surface area (Å²) >= 11 is 0. The van der Waals surface area contributed by atoms with Crippen LogP contribution in [0.1, 0.15) is 6.92 Å². The molecule has 1 saturated heterocycles.